The highest BCUT2D eigenvalue weighted by atomic mass is 35.5. The van der Waals surface area contributed by atoms with Gasteiger partial charge in [-0.25, -0.2) is 8.42 Å². The van der Waals surface area contributed by atoms with Crippen LogP contribution in [0.3, 0.4) is 0 Å². The second kappa shape index (κ2) is 13.3. The quantitative estimate of drug-likeness (QED) is 0.309. The highest BCUT2D eigenvalue weighted by Crippen LogP contribution is 2.29. The van der Waals surface area contributed by atoms with Gasteiger partial charge in [0.15, 0.2) is 0 Å². The van der Waals surface area contributed by atoms with E-state index in [1.165, 1.54) is 17.0 Å². The molecule has 0 saturated carbocycles. The van der Waals surface area contributed by atoms with Gasteiger partial charge < -0.3 is 10.2 Å². The Balaban J connectivity index is 2.06. The van der Waals surface area contributed by atoms with Crippen molar-refractivity contribution in [3.63, 3.8) is 0 Å². The molecule has 0 unspecified atom stereocenters. The predicted octanol–water partition coefficient (Wildman–Crippen LogP) is 5.79. The minimum Gasteiger partial charge on any atom is -0.352 e. The van der Waals surface area contributed by atoms with E-state index < -0.39 is 28.5 Å². The van der Waals surface area contributed by atoms with Crippen molar-refractivity contribution in [3.8, 4) is 0 Å². The summed E-state index contributed by atoms with van der Waals surface area (Å²) in [5.74, 6) is -0.802. The number of hydrogen-bond acceptors (Lipinski definition) is 4. The third-order valence-corrected chi connectivity index (χ3v) is 8.93. The van der Waals surface area contributed by atoms with Crippen molar-refractivity contribution in [2.24, 2.45) is 0 Å². The molecule has 2 amide bonds. The number of carbonyl (C=O) groups is 2. The first-order valence-electron chi connectivity index (χ1n) is 13.3. The van der Waals surface area contributed by atoms with E-state index in [1.807, 2.05) is 52.0 Å². The third kappa shape index (κ3) is 7.64. The van der Waals surface area contributed by atoms with Gasteiger partial charge in [-0.3, -0.25) is 13.9 Å². The first-order valence-corrected chi connectivity index (χ1v) is 15.2. The summed E-state index contributed by atoms with van der Waals surface area (Å²) in [6, 6.07) is 18.1. The van der Waals surface area contributed by atoms with E-state index in [0.29, 0.717) is 16.3 Å². The Bertz CT molecular complexity index is 1460. The van der Waals surface area contributed by atoms with Crippen LogP contribution in [0.5, 0.6) is 0 Å². The number of hydrogen-bond donors (Lipinski definition) is 1. The molecule has 3 aromatic carbocycles. The summed E-state index contributed by atoms with van der Waals surface area (Å²) in [4.78, 5) is 28.7. The Morgan fingerprint density at radius 2 is 1.60 bits per heavy atom. The molecule has 0 aromatic heterocycles. The molecule has 0 fully saturated rings. The van der Waals surface area contributed by atoms with Crippen molar-refractivity contribution in [1.29, 1.82) is 0 Å². The lowest BCUT2D eigenvalue weighted by molar-refractivity contribution is -0.139. The largest absolute Gasteiger partial charge is 0.352 e. The van der Waals surface area contributed by atoms with Crippen LogP contribution in [0.15, 0.2) is 71.6 Å². The van der Waals surface area contributed by atoms with Crippen molar-refractivity contribution < 1.29 is 18.0 Å². The Morgan fingerprint density at radius 1 is 0.925 bits per heavy atom. The fourth-order valence-corrected chi connectivity index (χ4v) is 6.01. The summed E-state index contributed by atoms with van der Waals surface area (Å²) in [7, 11) is -4.14. The lowest BCUT2D eigenvalue weighted by Crippen LogP contribution is -2.52. The summed E-state index contributed by atoms with van der Waals surface area (Å²) in [5.41, 5.74) is 3.71. The van der Waals surface area contributed by atoms with E-state index in [4.69, 9.17) is 11.6 Å². The average molecular weight is 584 g/mol. The molecule has 0 radical (unpaired) electrons. The summed E-state index contributed by atoms with van der Waals surface area (Å²) in [6.45, 7) is 10.8. The van der Waals surface area contributed by atoms with Crippen molar-refractivity contribution in [1.82, 2.24) is 10.2 Å². The maximum absolute atomic E-state index is 14.0. The van der Waals surface area contributed by atoms with Crippen LogP contribution >= 0.6 is 11.6 Å². The Hall–Kier alpha value is -3.36. The summed E-state index contributed by atoms with van der Waals surface area (Å²) < 4.78 is 29.1. The molecule has 0 aliphatic carbocycles. The van der Waals surface area contributed by atoms with Gasteiger partial charge in [-0.2, -0.15) is 0 Å². The molecule has 1 N–H and O–H groups in total. The number of amides is 2. The summed E-state index contributed by atoms with van der Waals surface area (Å²) in [5, 5.41) is 3.40. The van der Waals surface area contributed by atoms with E-state index in [0.717, 1.165) is 27.4 Å². The number of aryl methyl sites for hydroxylation is 3. The molecular weight excluding hydrogens is 546 g/mol. The molecule has 2 atom stereocenters. The molecule has 0 aliphatic rings. The van der Waals surface area contributed by atoms with Crippen molar-refractivity contribution in [2.75, 3.05) is 10.8 Å². The number of carbonyl (C=O) groups excluding carboxylic acids is 2. The van der Waals surface area contributed by atoms with E-state index in [2.05, 4.69) is 5.32 Å². The fourth-order valence-electron chi connectivity index (χ4n) is 4.30. The molecule has 214 valence electrons. The second-order valence-corrected chi connectivity index (χ2v) is 12.6. The number of sulfonamides is 1. The molecule has 3 rings (SSSR count). The van der Waals surface area contributed by atoms with Gasteiger partial charge in [0.25, 0.3) is 10.0 Å². The molecule has 40 heavy (non-hydrogen) atoms. The zero-order valence-electron chi connectivity index (χ0n) is 23.9. The molecule has 3 aromatic rings. The molecular formula is C31H38ClN3O4S. The zero-order chi connectivity index (χ0) is 29.6. The molecule has 0 spiro atoms. The van der Waals surface area contributed by atoms with Gasteiger partial charge in [0.1, 0.15) is 12.6 Å². The fraction of sp³-hybridized carbons (Fsp3) is 0.355. The van der Waals surface area contributed by atoms with Gasteiger partial charge in [0.2, 0.25) is 11.8 Å². The number of nitrogens with one attached hydrogen (secondary N) is 1. The molecule has 7 nitrogen and oxygen atoms in total. The van der Waals surface area contributed by atoms with Crippen molar-refractivity contribution in [3.05, 3.63) is 94.0 Å². The summed E-state index contributed by atoms with van der Waals surface area (Å²) in [6.07, 6.45) is 0.739. The standard InChI is InChI=1S/C31H38ClN3O4S/c1-7-24(5)33-31(37)25(6)34(19-26-10-8-9-22(3)17-26)30(36)20-35(29-16-13-27(32)18-23(29)4)40(38,39)28-14-11-21(2)12-15-28/h8-18,24-25H,7,19-20H2,1-6H3,(H,33,37)/t24-,25+/m0/s1. The van der Waals surface area contributed by atoms with Crippen LogP contribution in [0, 0.1) is 20.8 Å². The zero-order valence-corrected chi connectivity index (χ0v) is 25.5. The first kappa shape index (κ1) is 31.2. The van der Waals surface area contributed by atoms with Crippen LogP contribution in [0.25, 0.3) is 0 Å². The first-order chi connectivity index (χ1) is 18.8. The van der Waals surface area contributed by atoms with Gasteiger partial charge in [-0.1, -0.05) is 66.0 Å². The van der Waals surface area contributed by atoms with Gasteiger partial charge >= 0.3 is 0 Å². The topological polar surface area (TPSA) is 86.8 Å². The average Bonchev–Trinajstić information content (AvgIpc) is 2.90. The number of halogens is 1. The molecule has 9 heteroatoms. The summed E-state index contributed by atoms with van der Waals surface area (Å²) >= 11 is 6.17. The van der Waals surface area contributed by atoms with Crippen LogP contribution in [0.1, 0.15) is 49.4 Å². The normalized spacial score (nSPS) is 12.9. The Labute approximate surface area is 243 Å². The monoisotopic (exact) mass is 583 g/mol. The van der Waals surface area contributed by atoms with Gasteiger partial charge in [-0.15, -0.1) is 0 Å². The van der Waals surface area contributed by atoms with Crippen LogP contribution in [-0.4, -0.2) is 43.8 Å². The second-order valence-electron chi connectivity index (χ2n) is 10.3. The van der Waals surface area contributed by atoms with Gasteiger partial charge in [-0.05, 0) is 82.5 Å². The highest BCUT2D eigenvalue weighted by molar-refractivity contribution is 7.92. The number of anilines is 1. The van der Waals surface area contributed by atoms with Crippen LogP contribution in [0.2, 0.25) is 5.02 Å². The lowest BCUT2D eigenvalue weighted by atomic mass is 10.1. The molecule has 0 bridgehead atoms. The van der Waals surface area contributed by atoms with Gasteiger partial charge in [0.05, 0.1) is 10.6 Å². The smallest absolute Gasteiger partial charge is 0.264 e. The van der Waals surface area contributed by atoms with Crippen molar-refractivity contribution in [2.45, 2.75) is 71.5 Å². The lowest BCUT2D eigenvalue weighted by Gasteiger charge is -2.33. The third-order valence-electron chi connectivity index (χ3n) is 6.92. The molecule has 0 aliphatic heterocycles. The number of benzene rings is 3. The van der Waals surface area contributed by atoms with E-state index in [-0.39, 0.29) is 23.4 Å². The predicted molar refractivity (Wildman–Crippen MR) is 161 cm³/mol. The van der Waals surface area contributed by atoms with Crippen LogP contribution < -0.4 is 9.62 Å². The molecule has 0 saturated heterocycles. The minimum absolute atomic E-state index is 0.0630. The maximum atomic E-state index is 14.0. The van der Waals surface area contributed by atoms with Crippen molar-refractivity contribution >= 4 is 39.1 Å². The van der Waals surface area contributed by atoms with Gasteiger partial charge in [0, 0.05) is 17.6 Å². The Morgan fingerprint density at radius 3 is 2.20 bits per heavy atom. The highest BCUT2D eigenvalue weighted by Gasteiger charge is 2.33. The Kier molecular flexibility index (Phi) is 10.4. The van der Waals surface area contributed by atoms with E-state index in [1.54, 1.807) is 44.2 Å². The van der Waals surface area contributed by atoms with E-state index in [9.17, 15) is 18.0 Å². The van der Waals surface area contributed by atoms with Crippen LogP contribution in [-0.2, 0) is 26.2 Å². The maximum Gasteiger partial charge on any atom is 0.264 e. The SMILES string of the molecule is CC[C@H](C)NC(=O)[C@@H](C)N(Cc1cccc(C)c1)C(=O)CN(c1ccc(Cl)cc1C)S(=O)(=O)c1ccc(C)cc1. The number of nitrogens with zero attached hydrogens (tertiary/aromatic N) is 2. The van der Waals surface area contributed by atoms with Crippen LogP contribution in [0.4, 0.5) is 5.69 Å². The van der Waals surface area contributed by atoms with E-state index >= 15 is 0 Å². The minimum atomic E-state index is -4.14. The molecule has 0 heterocycles. The number of rotatable bonds is 11.